The van der Waals surface area contributed by atoms with Gasteiger partial charge in [-0.05, 0) is 93.1 Å². The number of aromatic nitrogens is 1. The van der Waals surface area contributed by atoms with E-state index in [0.717, 1.165) is 24.8 Å². The molecule has 1 aliphatic heterocycles. The van der Waals surface area contributed by atoms with Crippen molar-refractivity contribution in [3.8, 4) is 0 Å². The summed E-state index contributed by atoms with van der Waals surface area (Å²) in [5.74, 6) is 3.45. The number of fused-ring (bicyclic) bond motifs is 5. The van der Waals surface area contributed by atoms with E-state index >= 15 is 0 Å². The monoisotopic (exact) mass is 449 g/mol. The van der Waals surface area contributed by atoms with Crippen LogP contribution in [0, 0.1) is 41.4 Å². The van der Waals surface area contributed by atoms with Crippen LogP contribution < -0.4 is 5.32 Å². The van der Waals surface area contributed by atoms with Crippen molar-refractivity contribution in [2.75, 3.05) is 12.4 Å². The van der Waals surface area contributed by atoms with E-state index in [4.69, 9.17) is 0 Å². The number of anilines is 1. The molecule has 5 rings (SSSR count). The predicted octanol–water partition coefficient (Wildman–Crippen LogP) is 5.71. The number of pyridine rings is 1. The van der Waals surface area contributed by atoms with Crippen LogP contribution in [0.1, 0.15) is 77.7 Å². The number of carbonyl (C=O) groups is 2. The number of hydrogen-bond acceptors (Lipinski definition) is 3. The Morgan fingerprint density at radius 3 is 2.67 bits per heavy atom. The highest BCUT2D eigenvalue weighted by atomic mass is 16.2. The molecule has 1 N–H and O–H groups in total. The minimum absolute atomic E-state index is 0.0988. The highest BCUT2D eigenvalue weighted by molar-refractivity contribution is 5.90. The number of carbonyl (C=O) groups excluding carboxylic acids is 2. The molecule has 3 fully saturated rings. The Kier molecular flexibility index (Phi) is 5.45. The van der Waals surface area contributed by atoms with Crippen molar-refractivity contribution in [2.24, 2.45) is 34.5 Å². The van der Waals surface area contributed by atoms with Gasteiger partial charge in [0.2, 0.25) is 11.8 Å². The smallest absolute Gasteiger partial charge is 0.226 e. The maximum Gasteiger partial charge on any atom is 0.226 e. The third-order valence-electron chi connectivity index (χ3n) is 10.1. The standard InChI is InChI=1S/C28H39N3O2/c1-17-6-9-23(29-16-17)30-24(32)15-19-7-8-21-20-14-18(2)26-28(4,13-11-25(33)31(26)5)22(20)10-12-27(19,21)3/h6,9,16,19-22H,7-8,10-15H2,1-5H3,(H,29,30,32)/t19-,20+,21+,22+,27-,28-/m1/s1. The van der Waals surface area contributed by atoms with Crippen LogP contribution in [0.5, 0.6) is 0 Å². The number of nitrogens with one attached hydrogen (secondary N) is 1. The summed E-state index contributed by atoms with van der Waals surface area (Å²) in [7, 11) is 1.99. The van der Waals surface area contributed by atoms with Crippen molar-refractivity contribution in [3.05, 3.63) is 35.2 Å². The summed E-state index contributed by atoms with van der Waals surface area (Å²) in [5.41, 5.74) is 4.18. The number of likely N-dealkylation sites (tertiary alicyclic amines) is 1. The Labute approximate surface area is 198 Å². The molecule has 33 heavy (non-hydrogen) atoms. The Morgan fingerprint density at radius 1 is 1.15 bits per heavy atom. The van der Waals surface area contributed by atoms with Gasteiger partial charge in [-0.2, -0.15) is 0 Å². The zero-order valence-electron chi connectivity index (χ0n) is 20.9. The van der Waals surface area contributed by atoms with Crippen molar-refractivity contribution in [2.45, 2.75) is 79.1 Å². The number of rotatable bonds is 3. The van der Waals surface area contributed by atoms with Crippen LogP contribution in [0.25, 0.3) is 0 Å². The van der Waals surface area contributed by atoms with Gasteiger partial charge < -0.3 is 10.2 Å². The fourth-order valence-electron chi connectivity index (χ4n) is 8.51. The quantitative estimate of drug-likeness (QED) is 0.642. The van der Waals surface area contributed by atoms with Gasteiger partial charge in [-0.25, -0.2) is 4.98 Å². The lowest BCUT2D eigenvalue weighted by molar-refractivity contribution is -0.136. The lowest BCUT2D eigenvalue weighted by Crippen LogP contribution is -2.54. The average molecular weight is 450 g/mol. The lowest BCUT2D eigenvalue weighted by atomic mass is 9.48. The first kappa shape index (κ1) is 22.6. The third kappa shape index (κ3) is 3.54. The molecule has 2 heterocycles. The summed E-state index contributed by atoms with van der Waals surface area (Å²) in [6, 6.07) is 3.87. The highest BCUT2D eigenvalue weighted by Gasteiger charge is 2.60. The van der Waals surface area contributed by atoms with E-state index < -0.39 is 0 Å². The van der Waals surface area contributed by atoms with Crippen LogP contribution >= 0.6 is 0 Å². The predicted molar refractivity (Wildman–Crippen MR) is 130 cm³/mol. The van der Waals surface area contributed by atoms with Crippen molar-refractivity contribution in [1.82, 2.24) is 9.88 Å². The molecule has 4 aliphatic rings. The molecule has 2 amide bonds. The molecule has 5 heteroatoms. The van der Waals surface area contributed by atoms with E-state index in [1.807, 2.05) is 31.0 Å². The molecule has 0 spiro atoms. The zero-order chi connectivity index (χ0) is 23.5. The van der Waals surface area contributed by atoms with Gasteiger partial charge in [0.1, 0.15) is 5.82 Å². The maximum atomic E-state index is 12.9. The Bertz CT molecular complexity index is 999. The zero-order valence-corrected chi connectivity index (χ0v) is 20.9. The number of piperidine rings is 1. The normalized spacial score (nSPS) is 38.0. The Hall–Kier alpha value is -2.17. The molecular formula is C28H39N3O2. The molecule has 0 radical (unpaired) electrons. The first-order valence-corrected chi connectivity index (χ1v) is 12.8. The Balaban J connectivity index is 1.34. The van der Waals surface area contributed by atoms with Gasteiger partial charge in [0.05, 0.1) is 0 Å². The molecule has 0 unspecified atom stereocenters. The number of aryl methyl sites for hydroxylation is 1. The van der Waals surface area contributed by atoms with E-state index in [0.29, 0.717) is 42.3 Å². The second-order valence-corrected chi connectivity index (χ2v) is 11.9. The fraction of sp³-hybridized carbons (Fsp3) is 0.679. The number of nitrogens with zero attached hydrogens (tertiary/aromatic N) is 2. The molecule has 0 aromatic carbocycles. The number of amides is 2. The minimum atomic E-state index is 0.0988. The topological polar surface area (TPSA) is 62.3 Å². The van der Waals surface area contributed by atoms with Crippen LogP contribution in [0.4, 0.5) is 5.82 Å². The van der Waals surface area contributed by atoms with Crippen molar-refractivity contribution in [3.63, 3.8) is 0 Å². The second-order valence-electron chi connectivity index (χ2n) is 11.9. The number of allylic oxidation sites excluding steroid dienone is 2. The summed E-state index contributed by atoms with van der Waals surface area (Å²) in [5, 5.41) is 3.03. The lowest BCUT2D eigenvalue weighted by Gasteiger charge is -2.59. The van der Waals surface area contributed by atoms with Crippen LogP contribution in [-0.4, -0.2) is 28.7 Å². The SMILES string of the molecule is CC1=C2N(C)C(=O)CC[C@]2(C)[C@H]2CC[C@]3(C)[C@@H](CC(=O)Nc4ccc(C)cn4)CC[C@H]3[C@@H]2C1. The van der Waals surface area contributed by atoms with Gasteiger partial charge in [-0.1, -0.05) is 25.5 Å². The molecule has 1 aromatic heterocycles. The largest absolute Gasteiger partial charge is 0.319 e. The van der Waals surface area contributed by atoms with Gasteiger partial charge in [0.15, 0.2) is 0 Å². The fourth-order valence-corrected chi connectivity index (χ4v) is 8.51. The minimum Gasteiger partial charge on any atom is -0.319 e. The van der Waals surface area contributed by atoms with Crippen LogP contribution in [-0.2, 0) is 9.59 Å². The van der Waals surface area contributed by atoms with Gasteiger partial charge in [-0.3, -0.25) is 9.59 Å². The van der Waals surface area contributed by atoms with Gasteiger partial charge in [0.25, 0.3) is 0 Å². The van der Waals surface area contributed by atoms with Crippen molar-refractivity contribution in [1.29, 1.82) is 0 Å². The van der Waals surface area contributed by atoms with Crippen molar-refractivity contribution < 1.29 is 9.59 Å². The second kappa shape index (κ2) is 7.95. The molecule has 178 valence electrons. The summed E-state index contributed by atoms with van der Waals surface area (Å²) >= 11 is 0. The first-order valence-electron chi connectivity index (χ1n) is 12.8. The molecular weight excluding hydrogens is 410 g/mol. The van der Waals surface area contributed by atoms with Gasteiger partial charge >= 0.3 is 0 Å². The molecule has 0 bridgehead atoms. The van der Waals surface area contributed by atoms with Gasteiger partial charge in [-0.15, -0.1) is 0 Å². The van der Waals surface area contributed by atoms with Gasteiger partial charge in [0, 0.05) is 37.2 Å². The van der Waals surface area contributed by atoms with Crippen LogP contribution in [0.15, 0.2) is 29.6 Å². The Morgan fingerprint density at radius 2 is 1.94 bits per heavy atom. The van der Waals surface area contributed by atoms with E-state index in [2.05, 4.69) is 31.1 Å². The van der Waals surface area contributed by atoms with Crippen molar-refractivity contribution >= 4 is 17.6 Å². The molecule has 1 saturated heterocycles. The van der Waals surface area contributed by atoms with Crippen LogP contribution in [0.2, 0.25) is 0 Å². The van der Waals surface area contributed by atoms with E-state index in [1.165, 1.54) is 30.5 Å². The number of hydrogen-bond donors (Lipinski definition) is 1. The summed E-state index contributed by atoms with van der Waals surface area (Å²) in [6.07, 6.45) is 9.94. The summed E-state index contributed by atoms with van der Waals surface area (Å²) in [4.78, 5) is 31.7. The summed E-state index contributed by atoms with van der Waals surface area (Å²) < 4.78 is 0. The molecule has 6 atom stereocenters. The molecule has 1 aromatic rings. The molecule has 3 aliphatic carbocycles. The average Bonchev–Trinajstić information content (AvgIpc) is 3.09. The van der Waals surface area contributed by atoms with E-state index in [-0.39, 0.29) is 22.6 Å². The van der Waals surface area contributed by atoms with E-state index in [1.54, 1.807) is 6.20 Å². The molecule has 5 nitrogen and oxygen atoms in total. The van der Waals surface area contributed by atoms with E-state index in [9.17, 15) is 9.59 Å². The van der Waals surface area contributed by atoms with Crippen LogP contribution in [0.3, 0.4) is 0 Å². The maximum absolute atomic E-state index is 12.9. The third-order valence-corrected chi connectivity index (χ3v) is 10.1. The highest BCUT2D eigenvalue weighted by Crippen LogP contribution is 2.67. The first-order chi connectivity index (χ1) is 15.6. The summed E-state index contributed by atoms with van der Waals surface area (Å²) in [6.45, 7) is 9.17. The molecule has 2 saturated carbocycles.